The van der Waals surface area contributed by atoms with Gasteiger partial charge in [-0.05, 0) is 30.0 Å². The Balaban J connectivity index is 2.42. The quantitative estimate of drug-likeness (QED) is 0.435. The first-order chi connectivity index (χ1) is 10.4. The van der Waals surface area contributed by atoms with E-state index in [1.165, 1.54) is 36.0 Å². The van der Waals surface area contributed by atoms with Gasteiger partial charge in [-0.3, -0.25) is 4.79 Å². The first-order valence-corrected chi connectivity index (χ1v) is 7.67. The molecule has 5 heteroatoms. The smallest absolute Gasteiger partial charge is 0.289 e. The van der Waals surface area contributed by atoms with Gasteiger partial charge in [0.05, 0.1) is 5.57 Å². The SMILES string of the molecule is CSc1ccc(/C(=C/C(=O)c2ccccc2)C(F)(F)F)cc1. The molecule has 0 aromatic heterocycles. The number of alkyl halides is 3. The summed E-state index contributed by atoms with van der Waals surface area (Å²) in [7, 11) is 0. The van der Waals surface area contributed by atoms with Crippen molar-refractivity contribution >= 4 is 23.1 Å². The zero-order chi connectivity index (χ0) is 16.2. The highest BCUT2D eigenvalue weighted by Gasteiger charge is 2.35. The number of halogens is 3. The topological polar surface area (TPSA) is 17.1 Å². The van der Waals surface area contributed by atoms with Gasteiger partial charge in [0.25, 0.3) is 0 Å². The van der Waals surface area contributed by atoms with E-state index in [-0.39, 0.29) is 11.1 Å². The van der Waals surface area contributed by atoms with Crippen LogP contribution < -0.4 is 0 Å². The van der Waals surface area contributed by atoms with Crippen LogP contribution in [0.4, 0.5) is 13.2 Å². The molecule has 0 amide bonds. The van der Waals surface area contributed by atoms with Crippen LogP contribution in [0.25, 0.3) is 5.57 Å². The van der Waals surface area contributed by atoms with Crippen molar-refractivity contribution in [1.82, 2.24) is 0 Å². The van der Waals surface area contributed by atoms with Crippen LogP contribution in [0.3, 0.4) is 0 Å². The molecule has 114 valence electrons. The van der Waals surface area contributed by atoms with Gasteiger partial charge in [0, 0.05) is 10.5 Å². The predicted octanol–water partition coefficient (Wildman–Crippen LogP) is 5.24. The third-order valence-electron chi connectivity index (χ3n) is 3.04. The first-order valence-electron chi connectivity index (χ1n) is 6.44. The number of hydrogen-bond acceptors (Lipinski definition) is 2. The summed E-state index contributed by atoms with van der Waals surface area (Å²) in [6, 6.07) is 13.9. The Labute approximate surface area is 130 Å². The zero-order valence-corrected chi connectivity index (χ0v) is 12.5. The second kappa shape index (κ2) is 6.83. The number of carbonyl (C=O) groups is 1. The molecule has 0 fully saturated rings. The standard InChI is InChI=1S/C17H13F3OS/c1-22-14-9-7-12(8-10-14)15(17(18,19)20)11-16(21)13-5-3-2-4-6-13/h2-11H,1H3/b15-11-. The summed E-state index contributed by atoms with van der Waals surface area (Å²) in [6.07, 6.45) is -2.09. The Bertz CT molecular complexity index is 673. The number of carbonyl (C=O) groups excluding carboxylic acids is 1. The van der Waals surface area contributed by atoms with Gasteiger partial charge >= 0.3 is 6.18 Å². The lowest BCUT2D eigenvalue weighted by molar-refractivity contribution is -0.0689. The third-order valence-corrected chi connectivity index (χ3v) is 3.78. The molecule has 2 aromatic carbocycles. The van der Waals surface area contributed by atoms with Crippen molar-refractivity contribution in [2.45, 2.75) is 11.1 Å². The summed E-state index contributed by atoms with van der Waals surface area (Å²) < 4.78 is 39.7. The molecule has 1 nitrogen and oxygen atoms in total. The lowest BCUT2D eigenvalue weighted by Crippen LogP contribution is -2.12. The fraction of sp³-hybridized carbons (Fsp3) is 0.118. The molecule has 0 bridgehead atoms. The lowest BCUT2D eigenvalue weighted by Gasteiger charge is -2.12. The average Bonchev–Trinajstić information content (AvgIpc) is 2.52. The van der Waals surface area contributed by atoms with Crippen LogP contribution in [0.5, 0.6) is 0 Å². The van der Waals surface area contributed by atoms with E-state index >= 15 is 0 Å². The van der Waals surface area contributed by atoms with Gasteiger partial charge < -0.3 is 0 Å². The lowest BCUT2D eigenvalue weighted by atomic mass is 10.0. The van der Waals surface area contributed by atoms with E-state index in [1.54, 1.807) is 30.3 Å². The van der Waals surface area contributed by atoms with Gasteiger partial charge in [0.1, 0.15) is 0 Å². The first kappa shape index (κ1) is 16.4. The Morgan fingerprint density at radius 3 is 2.05 bits per heavy atom. The van der Waals surface area contributed by atoms with Crippen LogP contribution >= 0.6 is 11.8 Å². The maximum absolute atomic E-state index is 13.2. The second-order valence-corrected chi connectivity index (χ2v) is 5.39. The van der Waals surface area contributed by atoms with Crippen LogP contribution in [0, 0.1) is 0 Å². The van der Waals surface area contributed by atoms with Crippen LogP contribution in [-0.2, 0) is 0 Å². The molecular formula is C17H13F3OS. The Hall–Kier alpha value is -2.01. The van der Waals surface area contributed by atoms with Crippen LogP contribution in [-0.4, -0.2) is 18.2 Å². The van der Waals surface area contributed by atoms with Gasteiger partial charge in [-0.1, -0.05) is 42.5 Å². The Kier molecular flexibility index (Phi) is 5.08. The minimum Gasteiger partial charge on any atom is -0.289 e. The molecule has 0 saturated carbocycles. The molecule has 0 N–H and O–H groups in total. The molecule has 0 saturated heterocycles. The van der Waals surface area contributed by atoms with Crippen LogP contribution in [0.15, 0.2) is 65.6 Å². The molecule has 0 aliphatic carbocycles. The summed E-state index contributed by atoms with van der Waals surface area (Å²) in [6.45, 7) is 0. The van der Waals surface area contributed by atoms with E-state index in [0.717, 1.165) is 4.90 Å². The number of rotatable bonds is 4. The number of hydrogen-bond donors (Lipinski definition) is 0. The molecule has 0 atom stereocenters. The van der Waals surface area contributed by atoms with Gasteiger partial charge in [0.15, 0.2) is 5.78 Å². The summed E-state index contributed by atoms with van der Waals surface area (Å²) in [5, 5.41) is 0. The van der Waals surface area contributed by atoms with Crippen LogP contribution in [0.2, 0.25) is 0 Å². The van der Waals surface area contributed by atoms with Crippen LogP contribution in [0.1, 0.15) is 15.9 Å². The third kappa shape index (κ3) is 4.01. The van der Waals surface area contributed by atoms with Gasteiger partial charge in [0.2, 0.25) is 0 Å². The second-order valence-electron chi connectivity index (χ2n) is 4.51. The molecule has 0 aliphatic rings. The Morgan fingerprint density at radius 2 is 1.55 bits per heavy atom. The minimum absolute atomic E-state index is 0.0189. The number of ketones is 1. The Morgan fingerprint density at radius 1 is 0.955 bits per heavy atom. The highest BCUT2D eigenvalue weighted by molar-refractivity contribution is 7.98. The molecule has 0 radical (unpaired) electrons. The monoisotopic (exact) mass is 322 g/mol. The van der Waals surface area contributed by atoms with E-state index in [0.29, 0.717) is 6.08 Å². The summed E-state index contributed by atoms with van der Waals surface area (Å²) in [5.74, 6) is -0.665. The molecular weight excluding hydrogens is 309 g/mol. The van der Waals surface area contributed by atoms with Crippen molar-refractivity contribution in [3.05, 3.63) is 71.8 Å². The van der Waals surface area contributed by atoms with E-state index in [2.05, 4.69) is 0 Å². The largest absolute Gasteiger partial charge is 0.417 e. The molecule has 0 heterocycles. The molecule has 2 rings (SSSR count). The van der Waals surface area contributed by atoms with Crippen molar-refractivity contribution in [2.24, 2.45) is 0 Å². The number of thioether (sulfide) groups is 1. The van der Waals surface area contributed by atoms with Crippen molar-refractivity contribution in [3.8, 4) is 0 Å². The summed E-state index contributed by atoms with van der Waals surface area (Å²) >= 11 is 1.44. The van der Waals surface area contributed by atoms with E-state index in [1.807, 2.05) is 6.26 Å². The van der Waals surface area contributed by atoms with Gasteiger partial charge in [-0.25, -0.2) is 0 Å². The molecule has 2 aromatic rings. The maximum atomic E-state index is 13.2. The maximum Gasteiger partial charge on any atom is 0.417 e. The normalized spacial score (nSPS) is 12.3. The van der Waals surface area contributed by atoms with Crippen molar-refractivity contribution in [1.29, 1.82) is 0 Å². The predicted molar refractivity (Wildman–Crippen MR) is 83.0 cm³/mol. The summed E-state index contributed by atoms with van der Waals surface area (Å²) in [5.41, 5.74) is -0.728. The van der Waals surface area contributed by atoms with Crippen molar-refractivity contribution < 1.29 is 18.0 Å². The highest BCUT2D eigenvalue weighted by atomic mass is 32.2. The number of benzene rings is 2. The molecule has 0 aliphatic heterocycles. The van der Waals surface area contributed by atoms with Crippen molar-refractivity contribution in [2.75, 3.05) is 6.26 Å². The average molecular weight is 322 g/mol. The van der Waals surface area contributed by atoms with E-state index in [4.69, 9.17) is 0 Å². The fourth-order valence-corrected chi connectivity index (χ4v) is 2.32. The highest BCUT2D eigenvalue weighted by Crippen LogP contribution is 2.34. The number of allylic oxidation sites excluding steroid dienone is 2. The summed E-state index contributed by atoms with van der Waals surface area (Å²) in [4.78, 5) is 12.9. The fourth-order valence-electron chi connectivity index (χ4n) is 1.92. The minimum atomic E-state index is -4.59. The molecule has 0 spiro atoms. The van der Waals surface area contributed by atoms with Crippen molar-refractivity contribution in [3.63, 3.8) is 0 Å². The molecule has 0 unspecified atom stereocenters. The van der Waals surface area contributed by atoms with E-state index < -0.39 is 17.5 Å². The van der Waals surface area contributed by atoms with Gasteiger partial charge in [-0.2, -0.15) is 13.2 Å². The zero-order valence-electron chi connectivity index (χ0n) is 11.7. The molecule has 22 heavy (non-hydrogen) atoms. The van der Waals surface area contributed by atoms with Gasteiger partial charge in [-0.15, -0.1) is 11.8 Å². The van der Waals surface area contributed by atoms with E-state index in [9.17, 15) is 18.0 Å².